The van der Waals surface area contributed by atoms with E-state index in [-0.39, 0.29) is 0 Å². The zero-order chi connectivity index (χ0) is 37.8. The number of benzene rings is 6. The van der Waals surface area contributed by atoms with Gasteiger partial charge in [0.15, 0.2) is 0 Å². The molecule has 55 heavy (non-hydrogen) atoms. The van der Waals surface area contributed by atoms with Gasteiger partial charge in [0.05, 0.1) is 0 Å². The van der Waals surface area contributed by atoms with Gasteiger partial charge in [-0.3, -0.25) is 0 Å². The molecule has 0 radical (unpaired) electrons. The third-order valence-electron chi connectivity index (χ3n) is 10.1. The van der Waals surface area contributed by atoms with Crippen LogP contribution in [0.25, 0.3) is 66.5 Å². The van der Waals surface area contributed by atoms with Crippen molar-refractivity contribution in [2.75, 3.05) is 0 Å². The van der Waals surface area contributed by atoms with Gasteiger partial charge in [-0.15, -0.1) is 0 Å². The summed E-state index contributed by atoms with van der Waals surface area (Å²) in [7, 11) is 0. The number of aryl methyl sites for hydroxylation is 6. The molecule has 0 aliphatic rings. The molecule has 0 aliphatic heterocycles. The Bertz CT molecular complexity index is 2640. The third-order valence-corrected chi connectivity index (χ3v) is 16.8. The van der Waals surface area contributed by atoms with E-state index >= 15 is 0 Å². The van der Waals surface area contributed by atoms with E-state index in [1.54, 1.807) is 0 Å². The van der Waals surface area contributed by atoms with Crippen LogP contribution >= 0.6 is 0 Å². The summed E-state index contributed by atoms with van der Waals surface area (Å²) in [5, 5.41) is 3.43. The van der Waals surface area contributed by atoms with E-state index in [4.69, 9.17) is 15.0 Å². The molecule has 3 nitrogen and oxygen atoms in total. The van der Waals surface area contributed by atoms with Crippen molar-refractivity contribution in [1.29, 1.82) is 0 Å². The molecule has 3 aromatic heterocycles. The monoisotopic (exact) mass is 889 g/mol. The van der Waals surface area contributed by atoms with Gasteiger partial charge in [0, 0.05) is 0 Å². The molecule has 9 rings (SSSR count). The van der Waals surface area contributed by atoms with Gasteiger partial charge < -0.3 is 0 Å². The van der Waals surface area contributed by atoms with E-state index in [0.717, 1.165) is 66.5 Å². The summed E-state index contributed by atoms with van der Waals surface area (Å²) in [6.07, 6.45) is 0. The van der Waals surface area contributed by atoms with Gasteiger partial charge in [0.2, 0.25) is 0 Å². The maximum atomic E-state index is 5.60. The topological polar surface area (TPSA) is 38.7 Å². The first kappa shape index (κ1) is 34.9. The molecule has 0 atom stereocenters. The zero-order valence-corrected chi connectivity index (χ0v) is 34.4. The van der Waals surface area contributed by atoms with Gasteiger partial charge in [0.25, 0.3) is 0 Å². The normalized spacial score (nSPS) is 11.8. The average molecular weight is 889 g/mol. The minimum absolute atomic E-state index is 1.01. The number of aromatic nitrogens is 3. The zero-order valence-electron chi connectivity index (χ0n) is 32.0. The summed E-state index contributed by atoms with van der Waals surface area (Å²) in [6.45, 7) is 12.9. The first-order valence-electron chi connectivity index (χ1n) is 18.8. The molecule has 0 N–H and O–H groups in total. The molecule has 0 saturated carbocycles. The van der Waals surface area contributed by atoms with E-state index in [2.05, 4.69) is 187 Å². The first-order chi connectivity index (χ1) is 26.7. The van der Waals surface area contributed by atoms with E-state index < -0.39 is 16.5 Å². The average Bonchev–Trinajstić information content (AvgIpc) is 3.17. The maximum absolute atomic E-state index is 5.60. The molecule has 0 fully saturated rings. The van der Waals surface area contributed by atoms with E-state index in [0.29, 0.717) is 0 Å². The standard InChI is InChI=1S/3C17H14N.Ir/c3*1-12-4-3-5-15(10-12)16-9-8-14-7-6-13(2)11-17(14)18-16;/h3*3-8,10-11H,1-2H3;. The Kier molecular flexibility index (Phi) is 8.97. The summed E-state index contributed by atoms with van der Waals surface area (Å²) in [5.41, 5.74) is 16.8. The number of pyridine rings is 3. The fourth-order valence-corrected chi connectivity index (χ4v) is 14.7. The Hall–Kier alpha value is -5.80. The fraction of sp³-hybridized carbons (Fsp3) is 0.118. The van der Waals surface area contributed by atoms with Gasteiger partial charge in [0.1, 0.15) is 0 Å². The van der Waals surface area contributed by atoms with Gasteiger partial charge in [-0.1, -0.05) is 0 Å². The molecule has 0 saturated heterocycles. The second-order valence-electron chi connectivity index (χ2n) is 14.8. The number of fused-ring (bicyclic) bond motifs is 3. The van der Waals surface area contributed by atoms with Crippen LogP contribution in [0.3, 0.4) is 0 Å². The van der Waals surface area contributed by atoms with Crippen molar-refractivity contribution in [2.45, 2.75) is 41.5 Å². The minimum atomic E-state index is -2.98. The SMILES string of the molecule is Cc1cccc(-c2nc3cc(C)ccc3c[c]2[Ir]([c]2cc3ccc(C)cc3nc2-c2cccc(C)c2)[c]2cc3ccc(C)cc3nc2-c2cccc(C)c2)c1. The van der Waals surface area contributed by atoms with Crippen LogP contribution < -0.4 is 12.2 Å². The molecule has 0 amide bonds. The molecule has 270 valence electrons. The second kappa shape index (κ2) is 14.1. The van der Waals surface area contributed by atoms with Crippen LogP contribution in [0.15, 0.2) is 146 Å². The molecule has 0 unspecified atom stereocenters. The predicted octanol–water partition coefficient (Wildman–Crippen LogP) is 11.1. The molecule has 3 heterocycles. The number of rotatable bonds is 6. The summed E-state index contributed by atoms with van der Waals surface area (Å²) < 4.78 is 3.85. The molecule has 4 heteroatoms. The fourth-order valence-electron chi connectivity index (χ4n) is 7.36. The number of hydrogen-bond acceptors (Lipinski definition) is 3. The van der Waals surface area contributed by atoms with Gasteiger partial charge in [-0.2, -0.15) is 0 Å². The van der Waals surface area contributed by atoms with Crippen LogP contribution in [-0.4, -0.2) is 15.0 Å². The van der Waals surface area contributed by atoms with Crippen LogP contribution in [0.5, 0.6) is 0 Å². The quantitative estimate of drug-likeness (QED) is 0.167. The summed E-state index contributed by atoms with van der Waals surface area (Å²) in [5.74, 6) is 0. The summed E-state index contributed by atoms with van der Waals surface area (Å²) >= 11 is -2.98. The predicted molar refractivity (Wildman–Crippen MR) is 229 cm³/mol. The molecule has 0 spiro atoms. The van der Waals surface area contributed by atoms with Crippen molar-refractivity contribution in [3.05, 3.63) is 179 Å². The molecule has 6 aromatic carbocycles. The van der Waals surface area contributed by atoms with Crippen molar-refractivity contribution in [2.24, 2.45) is 0 Å². The second-order valence-corrected chi connectivity index (χ2v) is 20.5. The molecule has 0 aliphatic carbocycles. The Morgan fingerprint density at radius 3 is 0.891 bits per heavy atom. The summed E-state index contributed by atoms with van der Waals surface area (Å²) in [4.78, 5) is 16.8. The van der Waals surface area contributed by atoms with Crippen LogP contribution in [0.1, 0.15) is 33.4 Å². The van der Waals surface area contributed by atoms with Crippen molar-refractivity contribution in [1.82, 2.24) is 15.0 Å². The molecular formula is C51H42IrN3. The molecular weight excluding hydrogens is 847 g/mol. The Morgan fingerprint density at radius 1 is 0.309 bits per heavy atom. The first-order valence-corrected chi connectivity index (χ1v) is 22.3. The van der Waals surface area contributed by atoms with Crippen LogP contribution in [-0.2, 0) is 16.5 Å². The Balaban J connectivity index is 1.48. The van der Waals surface area contributed by atoms with Crippen molar-refractivity contribution < 1.29 is 16.5 Å². The molecule has 9 aromatic rings. The van der Waals surface area contributed by atoms with Crippen LogP contribution in [0.4, 0.5) is 0 Å². The van der Waals surface area contributed by atoms with Crippen molar-refractivity contribution in [3.8, 4) is 33.8 Å². The van der Waals surface area contributed by atoms with E-state index in [1.165, 1.54) is 45.6 Å². The van der Waals surface area contributed by atoms with Crippen LogP contribution in [0.2, 0.25) is 0 Å². The number of hydrogen-bond donors (Lipinski definition) is 0. The van der Waals surface area contributed by atoms with Gasteiger partial charge in [-0.05, 0) is 0 Å². The Labute approximate surface area is 329 Å². The summed E-state index contributed by atoms with van der Waals surface area (Å²) in [6, 6.07) is 53.9. The Morgan fingerprint density at radius 2 is 0.600 bits per heavy atom. The van der Waals surface area contributed by atoms with Gasteiger partial charge >= 0.3 is 331 Å². The van der Waals surface area contributed by atoms with Crippen molar-refractivity contribution >= 4 is 44.9 Å². The van der Waals surface area contributed by atoms with Crippen LogP contribution in [0, 0.1) is 41.5 Å². The number of nitrogens with zero attached hydrogens (tertiary/aromatic N) is 3. The van der Waals surface area contributed by atoms with Crippen molar-refractivity contribution in [3.63, 3.8) is 0 Å². The third kappa shape index (κ3) is 6.78. The molecule has 0 bridgehead atoms. The van der Waals surface area contributed by atoms with E-state index in [1.807, 2.05) is 0 Å². The van der Waals surface area contributed by atoms with Gasteiger partial charge in [-0.25, -0.2) is 0 Å². The van der Waals surface area contributed by atoms with E-state index in [9.17, 15) is 0 Å².